The summed E-state index contributed by atoms with van der Waals surface area (Å²) in [6.07, 6.45) is 0.937. The van der Waals surface area contributed by atoms with E-state index in [0.717, 1.165) is 28.6 Å². The van der Waals surface area contributed by atoms with Crippen LogP contribution in [0.4, 0.5) is 4.39 Å². The van der Waals surface area contributed by atoms with Crippen LogP contribution in [0.25, 0.3) is 0 Å². The summed E-state index contributed by atoms with van der Waals surface area (Å²) in [5, 5.41) is 4.66. The number of rotatable bonds is 6. The summed E-state index contributed by atoms with van der Waals surface area (Å²) < 4.78 is 45.1. The number of benzene rings is 1. The lowest BCUT2D eigenvalue weighted by Gasteiger charge is -2.34. The molecular weight excluding hydrogens is 365 g/mol. The molecule has 0 unspecified atom stereocenters. The van der Waals surface area contributed by atoms with Crippen LogP contribution in [-0.4, -0.2) is 57.0 Å². The van der Waals surface area contributed by atoms with Gasteiger partial charge in [0.25, 0.3) is 0 Å². The Labute approximate surface area is 151 Å². The first-order valence-electron chi connectivity index (χ1n) is 7.92. The van der Waals surface area contributed by atoms with E-state index in [1.807, 2.05) is 0 Å². The summed E-state index contributed by atoms with van der Waals surface area (Å²) in [5.41, 5.74) is 0. The Bertz CT molecular complexity index is 767. The van der Waals surface area contributed by atoms with Crippen LogP contribution in [0.2, 0.25) is 0 Å². The van der Waals surface area contributed by atoms with Crippen molar-refractivity contribution in [2.75, 3.05) is 26.2 Å². The van der Waals surface area contributed by atoms with Crippen LogP contribution in [0.1, 0.15) is 6.42 Å². The molecule has 2 rings (SSSR count). The second-order valence-corrected chi connectivity index (χ2v) is 7.35. The van der Waals surface area contributed by atoms with Gasteiger partial charge in [-0.2, -0.15) is 4.31 Å². The van der Waals surface area contributed by atoms with E-state index in [4.69, 9.17) is 4.74 Å². The molecule has 0 aliphatic carbocycles. The van der Waals surface area contributed by atoms with Crippen LogP contribution < -0.4 is 10.6 Å². The Morgan fingerprint density at radius 1 is 1.27 bits per heavy atom. The summed E-state index contributed by atoms with van der Waals surface area (Å²) >= 11 is 0. The van der Waals surface area contributed by atoms with Gasteiger partial charge in [-0.15, -0.1) is 6.58 Å². The van der Waals surface area contributed by atoms with Crippen LogP contribution in [-0.2, 0) is 24.3 Å². The summed E-state index contributed by atoms with van der Waals surface area (Å²) in [7, 11) is -3.93. The Balaban J connectivity index is 2.07. The zero-order chi connectivity index (χ0) is 19.2. The highest BCUT2D eigenvalue weighted by Crippen LogP contribution is 2.22. The number of halogens is 1. The molecule has 10 heteroatoms. The molecular formula is C16H20FN3O5S. The minimum Gasteiger partial charge on any atom is -0.360 e. The van der Waals surface area contributed by atoms with Crippen LogP contribution in [0.5, 0.6) is 0 Å². The zero-order valence-corrected chi connectivity index (χ0v) is 14.8. The summed E-state index contributed by atoms with van der Waals surface area (Å²) in [6.45, 7) is 3.86. The molecule has 0 radical (unpaired) electrons. The molecule has 26 heavy (non-hydrogen) atoms. The number of nitrogens with zero attached hydrogens (tertiary/aromatic N) is 1. The van der Waals surface area contributed by atoms with Crippen molar-refractivity contribution >= 4 is 21.8 Å². The number of carbonyl (C=O) groups excluding carboxylic acids is 2. The molecule has 0 saturated carbocycles. The van der Waals surface area contributed by atoms with Gasteiger partial charge in [0.05, 0.1) is 18.0 Å². The van der Waals surface area contributed by atoms with Gasteiger partial charge < -0.3 is 15.4 Å². The van der Waals surface area contributed by atoms with E-state index in [-0.39, 0.29) is 24.5 Å². The third-order valence-corrected chi connectivity index (χ3v) is 5.53. The zero-order valence-electron chi connectivity index (χ0n) is 14.0. The maximum absolute atomic E-state index is 13.0. The lowest BCUT2D eigenvalue weighted by molar-refractivity contribution is -0.140. The third-order valence-electron chi connectivity index (χ3n) is 3.62. The maximum atomic E-state index is 13.0. The molecule has 0 spiro atoms. The molecule has 2 N–H and O–H groups in total. The molecule has 1 fully saturated rings. The molecule has 142 valence electrons. The van der Waals surface area contributed by atoms with Crippen molar-refractivity contribution in [2.45, 2.75) is 17.5 Å². The van der Waals surface area contributed by atoms with E-state index in [0.29, 0.717) is 13.0 Å². The second-order valence-electron chi connectivity index (χ2n) is 5.46. The smallest absolute Gasteiger partial charge is 0.309 e. The summed E-state index contributed by atoms with van der Waals surface area (Å²) in [6, 6.07) is 4.44. The standard InChI is InChI=1S/C16H20FN3O5S/c1-2-8-18-15(21)16(22)19-11-14-20(9-3-10-25-14)26(23,24)13-6-4-12(17)5-7-13/h2,4-7,14H,1,3,8-11H2,(H,18,21)(H,19,22)/t14-/m0/s1. The normalized spacial score (nSPS) is 18.1. The van der Waals surface area contributed by atoms with Crippen LogP contribution in [0.3, 0.4) is 0 Å². The Morgan fingerprint density at radius 2 is 1.92 bits per heavy atom. The van der Waals surface area contributed by atoms with Crippen LogP contribution in [0.15, 0.2) is 41.8 Å². The highest BCUT2D eigenvalue weighted by molar-refractivity contribution is 7.89. The highest BCUT2D eigenvalue weighted by Gasteiger charge is 2.34. The molecule has 0 bridgehead atoms. The van der Waals surface area contributed by atoms with E-state index in [1.54, 1.807) is 0 Å². The largest absolute Gasteiger partial charge is 0.360 e. The quantitative estimate of drug-likeness (QED) is 0.529. The first kappa shape index (κ1) is 20.0. The fourth-order valence-corrected chi connectivity index (χ4v) is 3.92. The second kappa shape index (κ2) is 8.88. The minimum absolute atomic E-state index is 0.0792. The van der Waals surface area contributed by atoms with Gasteiger partial charge >= 0.3 is 11.8 Å². The van der Waals surface area contributed by atoms with E-state index in [9.17, 15) is 22.4 Å². The topological polar surface area (TPSA) is 105 Å². The number of carbonyl (C=O) groups is 2. The third kappa shape index (κ3) is 4.87. The van der Waals surface area contributed by atoms with Crippen molar-refractivity contribution in [3.05, 3.63) is 42.7 Å². The predicted molar refractivity (Wildman–Crippen MR) is 90.9 cm³/mol. The average Bonchev–Trinajstić information content (AvgIpc) is 2.64. The molecule has 1 aliphatic rings. The van der Waals surface area contributed by atoms with Crippen molar-refractivity contribution in [2.24, 2.45) is 0 Å². The van der Waals surface area contributed by atoms with Gasteiger partial charge in [-0.05, 0) is 30.7 Å². The first-order chi connectivity index (χ1) is 12.4. The number of nitrogens with one attached hydrogen (secondary N) is 2. The number of ether oxygens (including phenoxy) is 1. The van der Waals surface area contributed by atoms with Gasteiger partial charge in [0, 0.05) is 13.1 Å². The van der Waals surface area contributed by atoms with Gasteiger partial charge in [0.2, 0.25) is 10.0 Å². The van der Waals surface area contributed by atoms with Gasteiger partial charge in [-0.1, -0.05) is 6.08 Å². The van der Waals surface area contributed by atoms with E-state index < -0.39 is 33.9 Å². The monoisotopic (exact) mass is 385 g/mol. The van der Waals surface area contributed by atoms with E-state index in [1.165, 1.54) is 6.08 Å². The van der Waals surface area contributed by atoms with Crippen LogP contribution in [0, 0.1) is 5.82 Å². The molecule has 0 aromatic heterocycles. The Morgan fingerprint density at radius 3 is 2.58 bits per heavy atom. The lowest BCUT2D eigenvalue weighted by Crippen LogP contribution is -2.53. The number of amides is 2. The van der Waals surface area contributed by atoms with Crippen molar-refractivity contribution < 1.29 is 27.1 Å². The molecule has 1 aliphatic heterocycles. The highest BCUT2D eigenvalue weighted by atomic mass is 32.2. The van der Waals surface area contributed by atoms with Gasteiger partial charge in [-0.3, -0.25) is 9.59 Å². The SMILES string of the molecule is C=CCNC(=O)C(=O)NC[C@@H]1OCCCN1S(=O)(=O)c1ccc(F)cc1. The Kier molecular flexibility index (Phi) is 6.83. The van der Waals surface area contributed by atoms with Crippen LogP contribution >= 0.6 is 0 Å². The molecule has 2 amide bonds. The molecule has 1 saturated heterocycles. The predicted octanol–water partition coefficient (Wildman–Crippen LogP) is -0.0188. The fourth-order valence-electron chi connectivity index (χ4n) is 2.35. The average molecular weight is 385 g/mol. The Hall–Kier alpha value is -2.30. The summed E-state index contributed by atoms with van der Waals surface area (Å²) in [5.74, 6) is -2.30. The minimum atomic E-state index is -3.93. The molecule has 1 aromatic rings. The number of sulfonamides is 1. The summed E-state index contributed by atoms with van der Waals surface area (Å²) in [4.78, 5) is 23.2. The fraction of sp³-hybridized carbons (Fsp3) is 0.375. The van der Waals surface area contributed by atoms with Gasteiger partial charge in [-0.25, -0.2) is 12.8 Å². The molecule has 1 heterocycles. The first-order valence-corrected chi connectivity index (χ1v) is 9.36. The van der Waals surface area contributed by atoms with E-state index >= 15 is 0 Å². The molecule has 1 aromatic carbocycles. The van der Waals surface area contributed by atoms with Gasteiger partial charge in [0.1, 0.15) is 12.0 Å². The van der Waals surface area contributed by atoms with Crippen molar-refractivity contribution in [1.82, 2.24) is 14.9 Å². The van der Waals surface area contributed by atoms with E-state index in [2.05, 4.69) is 17.2 Å². The maximum Gasteiger partial charge on any atom is 0.309 e. The molecule has 1 atom stereocenters. The number of hydrogen-bond acceptors (Lipinski definition) is 5. The van der Waals surface area contributed by atoms with Crippen molar-refractivity contribution in [3.63, 3.8) is 0 Å². The number of hydrogen-bond donors (Lipinski definition) is 2. The lowest BCUT2D eigenvalue weighted by atomic mass is 10.3. The van der Waals surface area contributed by atoms with Gasteiger partial charge in [0.15, 0.2) is 0 Å². The molecule has 8 nitrogen and oxygen atoms in total. The van der Waals surface area contributed by atoms with Crippen molar-refractivity contribution in [3.8, 4) is 0 Å². The van der Waals surface area contributed by atoms with Crippen molar-refractivity contribution in [1.29, 1.82) is 0 Å².